The largest absolute Gasteiger partial charge is 0.295 e. The molecule has 58 valence electrons. The fraction of sp³-hybridized carbons (Fsp3) is 0.833. The van der Waals surface area contributed by atoms with Crippen molar-refractivity contribution < 1.29 is 10.0 Å². The van der Waals surface area contributed by atoms with Crippen molar-refractivity contribution in [2.45, 2.75) is 18.9 Å². The molecule has 1 fully saturated rings. The Kier molecular flexibility index (Phi) is 2.24. The van der Waals surface area contributed by atoms with E-state index in [2.05, 4.69) is 0 Å². The summed E-state index contributed by atoms with van der Waals surface area (Å²) in [6.45, 7) is 0.943. The van der Waals surface area contributed by atoms with Crippen molar-refractivity contribution >= 4 is 5.91 Å². The van der Waals surface area contributed by atoms with Crippen LogP contribution in [0.4, 0.5) is 0 Å². The number of amides is 1. The maximum atomic E-state index is 10.8. The second-order valence-electron chi connectivity index (χ2n) is 2.61. The van der Waals surface area contributed by atoms with Crippen molar-refractivity contribution in [1.29, 1.82) is 0 Å². The lowest BCUT2D eigenvalue weighted by atomic mass is 10.2. The van der Waals surface area contributed by atoms with Gasteiger partial charge < -0.3 is 0 Å². The van der Waals surface area contributed by atoms with Crippen LogP contribution in [0.2, 0.25) is 0 Å². The van der Waals surface area contributed by atoms with E-state index in [4.69, 9.17) is 5.21 Å². The molecule has 4 nitrogen and oxygen atoms in total. The molecule has 1 saturated heterocycles. The molecule has 0 aromatic heterocycles. The fourth-order valence-corrected chi connectivity index (χ4v) is 1.32. The lowest BCUT2D eigenvalue weighted by molar-refractivity contribution is -0.133. The van der Waals surface area contributed by atoms with E-state index in [-0.39, 0.29) is 11.9 Å². The summed E-state index contributed by atoms with van der Waals surface area (Å²) >= 11 is 0. The molecule has 1 aliphatic heterocycles. The summed E-state index contributed by atoms with van der Waals surface area (Å²) in [6, 6.07) is -0.120. The maximum absolute atomic E-state index is 10.8. The van der Waals surface area contributed by atoms with Crippen LogP contribution in [0.15, 0.2) is 0 Å². The molecular weight excluding hydrogens is 132 g/mol. The predicted octanol–water partition coefficient (Wildman–Crippen LogP) is -0.414. The molecule has 0 aliphatic carbocycles. The Morgan fingerprint density at radius 2 is 2.50 bits per heavy atom. The van der Waals surface area contributed by atoms with Crippen molar-refractivity contribution in [3.05, 3.63) is 0 Å². The van der Waals surface area contributed by atoms with E-state index >= 15 is 0 Å². The van der Waals surface area contributed by atoms with Gasteiger partial charge in [0.05, 0.1) is 6.04 Å². The van der Waals surface area contributed by atoms with Crippen molar-refractivity contribution in [3.8, 4) is 0 Å². The van der Waals surface area contributed by atoms with Crippen LogP contribution in [0.1, 0.15) is 12.8 Å². The minimum atomic E-state index is -0.292. The Bertz CT molecular complexity index is 138. The van der Waals surface area contributed by atoms with Gasteiger partial charge in [-0.25, -0.2) is 5.48 Å². The topological polar surface area (TPSA) is 52.6 Å². The first-order chi connectivity index (χ1) is 4.75. The van der Waals surface area contributed by atoms with E-state index in [9.17, 15) is 4.79 Å². The molecule has 0 spiro atoms. The fourth-order valence-electron chi connectivity index (χ4n) is 1.32. The Hall–Kier alpha value is -0.610. The molecule has 0 unspecified atom stereocenters. The average Bonchev–Trinajstić information content (AvgIpc) is 2.34. The van der Waals surface area contributed by atoms with E-state index in [1.54, 1.807) is 5.48 Å². The van der Waals surface area contributed by atoms with Crippen LogP contribution in [-0.2, 0) is 4.79 Å². The van der Waals surface area contributed by atoms with E-state index in [0.29, 0.717) is 0 Å². The van der Waals surface area contributed by atoms with Gasteiger partial charge in [-0.2, -0.15) is 0 Å². The number of likely N-dealkylation sites (tertiary alicyclic amines) is 1. The molecule has 1 rings (SSSR count). The number of hydrogen-bond donors (Lipinski definition) is 2. The summed E-state index contributed by atoms with van der Waals surface area (Å²) < 4.78 is 0. The number of carbonyl (C=O) groups excluding carboxylic acids is 1. The van der Waals surface area contributed by atoms with E-state index in [1.807, 2.05) is 11.9 Å². The molecule has 10 heavy (non-hydrogen) atoms. The third-order valence-corrected chi connectivity index (χ3v) is 1.93. The van der Waals surface area contributed by atoms with Crippen LogP contribution in [-0.4, -0.2) is 35.6 Å². The van der Waals surface area contributed by atoms with E-state index < -0.39 is 0 Å². The van der Waals surface area contributed by atoms with Crippen LogP contribution in [0.3, 0.4) is 0 Å². The molecule has 1 aliphatic rings. The van der Waals surface area contributed by atoms with Gasteiger partial charge in [0.2, 0.25) is 0 Å². The van der Waals surface area contributed by atoms with Crippen molar-refractivity contribution in [1.82, 2.24) is 10.4 Å². The highest BCUT2D eigenvalue weighted by Gasteiger charge is 2.26. The number of carbonyl (C=O) groups is 1. The highest BCUT2D eigenvalue weighted by Crippen LogP contribution is 2.13. The van der Waals surface area contributed by atoms with Gasteiger partial charge in [0.1, 0.15) is 0 Å². The number of nitrogens with one attached hydrogen (secondary N) is 1. The van der Waals surface area contributed by atoms with Gasteiger partial charge in [0.25, 0.3) is 5.91 Å². The number of hydroxylamine groups is 1. The maximum Gasteiger partial charge on any atom is 0.260 e. The lowest BCUT2D eigenvalue weighted by Crippen LogP contribution is -2.39. The molecule has 1 atom stereocenters. The predicted molar refractivity (Wildman–Crippen MR) is 35.6 cm³/mol. The minimum Gasteiger partial charge on any atom is -0.295 e. The van der Waals surface area contributed by atoms with Crippen LogP contribution in [0.5, 0.6) is 0 Å². The van der Waals surface area contributed by atoms with Gasteiger partial charge in [0, 0.05) is 0 Å². The van der Waals surface area contributed by atoms with Crippen molar-refractivity contribution in [2.75, 3.05) is 13.6 Å². The Labute approximate surface area is 59.8 Å². The zero-order valence-corrected chi connectivity index (χ0v) is 6.00. The van der Waals surface area contributed by atoms with Crippen LogP contribution >= 0.6 is 0 Å². The minimum absolute atomic E-state index is 0.120. The second-order valence-corrected chi connectivity index (χ2v) is 2.61. The smallest absolute Gasteiger partial charge is 0.260 e. The van der Waals surface area contributed by atoms with Crippen LogP contribution in [0.25, 0.3) is 0 Å². The summed E-state index contributed by atoms with van der Waals surface area (Å²) in [6.07, 6.45) is 1.89. The highest BCUT2D eigenvalue weighted by atomic mass is 16.5. The Morgan fingerprint density at radius 3 is 2.90 bits per heavy atom. The van der Waals surface area contributed by atoms with Gasteiger partial charge in [-0.1, -0.05) is 0 Å². The first-order valence-electron chi connectivity index (χ1n) is 3.40. The lowest BCUT2D eigenvalue weighted by Gasteiger charge is -2.15. The summed E-state index contributed by atoms with van der Waals surface area (Å²) in [5.74, 6) is -0.292. The molecular formula is C6H12N2O2. The van der Waals surface area contributed by atoms with Gasteiger partial charge >= 0.3 is 0 Å². The van der Waals surface area contributed by atoms with Crippen molar-refractivity contribution in [3.63, 3.8) is 0 Å². The Balaban J connectivity index is 2.46. The Morgan fingerprint density at radius 1 is 1.80 bits per heavy atom. The number of nitrogens with zero attached hydrogens (tertiary/aromatic N) is 1. The summed E-state index contributed by atoms with van der Waals surface area (Å²) in [4.78, 5) is 12.8. The first kappa shape index (κ1) is 7.50. The number of likely N-dealkylation sites (N-methyl/N-ethyl adjacent to an activating group) is 1. The zero-order valence-electron chi connectivity index (χ0n) is 6.00. The summed E-state index contributed by atoms with van der Waals surface area (Å²) in [5.41, 5.74) is 1.66. The molecule has 1 heterocycles. The molecule has 4 heteroatoms. The monoisotopic (exact) mass is 144 g/mol. The second kappa shape index (κ2) is 2.98. The van der Waals surface area contributed by atoms with Gasteiger partial charge in [-0.05, 0) is 26.4 Å². The average molecular weight is 144 g/mol. The van der Waals surface area contributed by atoms with Crippen LogP contribution in [0, 0.1) is 0 Å². The third kappa shape index (κ3) is 1.27. The van der Waals surface area contributed by atoms with E-state index in [0.717, 1.165) is 19.4 Å². The molecule has 0 bridgehead atoms. The molecule has 1 amide bonds. The molecule has 0 radical (unpaired) electrons. The van der Waals surface area contributed by atoms with Crippen molar-refractivity contribution in [2.24, 2.45) is 0 Å². The SMILES string of the molecule is CN1CCC[C@H]1C(=O)NO. The zero-order chi connectivity index (χ0) is 7.56. The molecule has 0 aromatic rings. The molecule has 0 saturated carbocycles. The first-order valence-corrected chi connectivity index (χ1v) is 3.40. The number of hydrogen-bond acceptors (Lipinski definition) is 3. The summed E-state index contributed by atoms with van der Waals surface area (Å²) in [7, 11) is 1.88. The highest BCUT2D eigenvalue weighted by molar-refractivity contribution is 5.80. The third-order valence-electron chi connectivity index (χ3n) is 1.93. The van der Waals surface area contributed by atoms with Crippen LogP contribution < -0.4 is 5.48 Å². The van der Waals surface area contributed by atoms with E-state index in [1.165, 1.54) is 0 Å². The standard InChI is InChI=1S/C6H12N2O2/c1-8-4-2-3-5(8)6(9)7-10/h5,10H,2-4H2,1H3,(H,7,9)/t5-/m0/s1. The van der Waals surface area contributed by atoms with Gasteiger partial charge in [-0.15, -0.1) is 0 Å². The molecule has 2 N–H and O–H groups in total. The molecule has 0 aromatic carbocycles. The summed E-state index contributed by atoms with van der Waals surface area (Å²) in [5, 5.41) is 8.29. The normalized spacial score (nSPS) is 26.8. The van der Waals surface area contributed by atoms with Gasteiger partial charge in [-0.3, -0.25) is 14.9 Å². The number of rotatable bonds is 1. The van der Waals surface area contributed by atoms with Gasteiger partial charge in [0.15, 0.2) is 0 Å². The quantitative estimate of drug-likeness (QED) is 0.388.